The number of fused-ring (bicyclic) bond motifs is 1. The van der Waals surface area contributed by atoms with Crippen molar-refractivity contribution in [3.8, 4) is 0 Å². The Bertz CT molecular complexity index is 1100. The maximum Gasteiger partial charge on any atom is 0.337 e. The molecule has 0 aliphatic carbocycles. The Balaban J connectivity index is 1.92. The van der Waals surface area contributed by atoms with Gasteiger partial charge in [0.25, 0.3) is 11.5 Å². The number of carbonyl (C=O) groups excluding carboxylic acids is 2. The van der Waals surface area contributed by atoms with Gasteiger partial charge in [-0.3, -0.25) is 14.2 Å². The Morgan fingerprint density at radius 1 is 1.32 bits per heavy atom. The van der Waals surface area contributed by atoms with E-state index in [-0.39, 0.29) is 11.5 Å². The normalized spacial score (nSPS) is 10.8. The molecular formula is C20H21N3O4S. The van der Waals surface area contributed by atoms with Crippen molar-refractivity contribution < 1.29 is 14.3 Å². The van der Waals surface area contributed by atoms with Gasteiger partial charge in [0, 0.05) is 12.2 Å². The van der Waals surface area contributed by atoms with Gasteiger partial charge in [0.15, 0.2) is 0 Å². The fourth-order valence-corrected chi connectivity index (χ4v) is 3.93. The number of carbonyl (C=O) groups is 2. The fraction of sp³-hybridized carbons (Fsp3) is 0.300. The van der Waals surface area contributed by atoms with E-state index in [4.69, 9.17) is 4.74 Å². The first kappa shape index (κ1) is 19.8. The SMILES string of the molecule is CCCCn1cnc2sc(C(=O)Nc3cccc(C(=O)OC)c3)c(C)c2c1=O. The third-order valence-electron chi connectivity index (χ3n) is 4.42. The predicted octanol–water partition coefficient (Wildman–Crippen LogP) is 3.61. The highest BCUT2D eigenvalue weighted by Gasteiger charge is 2.20. The molecule has 0 fully saturated rings. The van der Waals surface area contributed by atoms with E-state index in [1.54, 1.807) is 35.8 Å². The van der Waals surface area contributed by atoms with Crippen LogP contribution < -0.4 is 10.9 Å². The standard InChI is InChI=1S/C20H21N3O4S/c1-4-5-9-23-11-21-18-15(19(23)25)12(2)16(28-18)17(24)22-14-8-6-7-13(10-14)20(26)27-3/h6-8,10-11H,4-5,9H2,1-3H3,(H,22,24). The van der Waals surface area contributed by atoms with Crippen LogP contribution in [-0.4, -0.2) is 28.5 Å². The number of nitrogens with one attached hydrogen (secondary N) is 1. The summed E-state index contributed by atoms with van der Waals surface area (Å²) < 4.78 is 6.29. The molecule has 2 aromatic heterocycles. The van der Waals surface area contributed by atoms with Gasteiger partial charge in [-0.05, 0) is 37.1 Å². The van der Waals surface area contributed by atoms with E-state index in [0.29, 0.717) is 38.5 Å². The second-order valence-corrected chi connectivity index (χ2v) is 7.36. The van der Waals surface area contributed by atoms with Crippen LogP contribution in [0.2, 0.25) is 0 Å². The van der Waals surface area contributed by atoms with Gasteiger partial charge in [-0.25, -0.2) is 9.78 Å². The van der Waals surface area contributed by atoms with E-state index < -0.39 is 5.97 Å². The van der Waals surface area contributed by atoms with Gasteiger partial charge in [0.1, 0.15) is 4.83 Å². The van der Waals surface area contributed by atoms with Gasteiger partial charge in [-0.15, -0.1) is 11.3 Å². The maximum atomic E-state index is 12.8. The summed E-state index contributed by atoms with van der Waals surface area (Å²) in [5, 5.41) is 3.26. The van der Waals surface area contributed by atoms with Gasteiger partial charge in [-0.2, -0.15) is 0 Å². The molecule has 7 nitrogen and oxygen atoms in total. The topological polar surface area (TPSA) is 90.3 Å². The van der Waals surface area contributed by atoms with Crippen molar-refractivity contribution in [2.45, 2.75) is 33.2 Å². The van der Waals surface area contributed by atoms with Crippen LogP contribution in [0.4, 0.5) is 5.69 Å². The molecule has 0 saturated heterocycles. The number of aryl methyl sites for hydroxylation is 2. The molecular weight excluding hydrogens is 378 g/mol. The number of amides is 1. The molecule has 0 aliphatic rings. The van der Waals surface area contributed by atoms with Gasteiger partial charge < -0.3 is 10.1 Å². The highest BCUT2D eigenvalue weighted by molar-refractivity contribution is 7.20. The number of benzene rings is 1. The van der Waals surface area contributed by atoms with Crippen LogP contribution in [0.3, 0.4) is 0 Å². The maximum absolute atomic E-state index is 12.8. The zero-order valence-electron chi connectivity index (χ0n) is 15.9. The molecule has 0 spiro atoms. The number of unbranched alkanes of at least 4 members (excludes halogenated alkanes) is 1. The zero-order valence-corrected chi connectivity index (χ0v) is 16.8. The third-order valence-corrected chi connectivity index (χ3v) is 5.62. The lowest BCUT2D eigenvalue weighted by molar-refractivity contribution is 0.0600. The van der Waals surface area contributed by atoms with Crippen LogP contribution in [0.1, 0.15) is 45.4 Å². The molecule has 0 aliphatic heterocycles. The average molecular weight is 399 g/mol. The molecule has 8 heteroatoms. The van der Waals surface area contributed by atoms with E-state index in [0.717, 1.165) is 12.8 Å². The van der Waals surface area contributed by atoms with Crippen molar-refractivity contribution in [3.63, 3.8) is 0 Å². The number of hydrogen-bond donors (Lipinski definition) is 1. The van der Waals surface area contributed by atoms with E-state index in [2.05, 4.69) is 17.2 Å². The summed E-state index contributed by atoms with van der Waals surface area (Å²) in [6, 6.07) is 6.49. The number of rotatable bonds is 6. The Morgan fingerprint density at radius 3 is 2.82 bits per heavy atom. The van der Waals surface area contributed by atoms with E-state index >= 15 is 0 Å². The average Bonchev–Trinajstić information content (AvgIpc) is 3.04. The molecule has 3 aromatic rings. The number of aromatic nitrogens is 2. The van der Waals surface area contributed by atoms with Crippen molar-refractivity contribution in [1.82, 2.24) is 9.55 Å². The first-order valence-electron chi connectivity index (χ1n) is 8.94. The first-order valence-corrected chi connectivity index (χ1v) is 9.76. The molecule has 146 valence electrons. The summed E-state index contributed by atoms with van der Waals surface area (Å²) in [6.45, 7) is 4.42. The van der Waals surface area contributed by atoms with Crippen molar-refractivity contribution >= 4 is 39.1 Å². The van der Waals surface area contributed by atoms with Gasteiger partial charge in [0.05, 0.1) is 29.3 Å². The minimum absolute atomic E-state index is 0.126. The summed E-state index contributed by atoms with van der Waals surface area (Å²) >= 11 is 1.18. The smallest absolute Gasteiger partial charge is 0.337 e. The van der Waals surface area contributed by atoms with Crippen LogP contribution in [0, 0.1) is 6.92 Å². The monoisotopic (exact) mass is 399 g/mol. The summed E-state index contributed by atoms with van der Waals surface area (Å²) in [6.07, 6.45) is 3.41. The molecule has 3 rings (SSSR count). The lowest BCUT2D eigenvalue weighted by atomic mass is 10.2. The van der Waals surface area contributed by atoms with Crippen molar-refractivity contribution in [1.29, 1.82) is 0 Å². The Hall–Kier alpha value is -3.00. The Labute approximate surface area is 166 Å². The molecule has 28 heavy (non-hydrogen) atoms. The summed E-state index contributed by atoms with van der Waals surface area (Å²) in [4.78, 5) is 42.5. The van der Waals surface area contributed by atoms with Crippen LogP contribution in [0.25, 0.3) is 10.2 Å². The Kier molecular flexibility index (Phi) is 5.89. The second kappa shape index (κ2) is 8.35. The minimum atomic E-state index is -0.481. The number of anilines is 1. The Morgan fingerprint density at radius 2 is 2.11 bits per heavy atom. The summed E-state index contributed by atoms with van der Waals surface area (Å²) in [5.74, 6) is -0.826. The van der Waals surface area contributed by atoms with Crippen molar-refractivity contribution in [2.24, 2.45) is 0 Å². The largest absolute Gasteiger partial charge is 0.465 e. The molecule has 0 atom stereocenters. The summed E-state index contributed by atoms with van der Waals surface area (Å²) in [7, 11) is 1.30. The molecule has 1 aromatic carbocycles. The second-order valence-electron chi connectivity index (χ2n) is 6.36. The molecule has 0 bridgehead atoms. The zero-order chi connectivity index (χ0) is 20.3. The van der Waals surface area contributed by atoms with Crippen molar-refractivity contribution in [3.05, 3.63) is 57.0 Å². The quantitative estimate of drug-likeness (QED) is 0.640. The summed E-state index contributed by atoms with van der Waals surface area (Å²) in [5.41, 5.74) is 1.30. The number of thiophene rings is 1. The lowest BCUT2D eigenvalue weighted by Gasteiger charge is -2.06. The fourth-order valence-electron chi connectivity index (χ4n) is 2.89. The molecule has 0 radical (unpaired) electrons. The molecule has 0 unspecified atom stereocenters. The predicted molar refractivity (Wildman–Crippen MR) is 109 cm³/mol. The lowest BCUT2D eigenvalue weighted by Crippen LogP contribution is -2.20. The van der Waals surface area contributed by atoms with Crippen LogP contribution >= 0.6 is 11.3 Å². The van der Waals surface area contributed by atoms with E-state index in [1.807, 2.05) is 0 Å². The van der Waals surface area contributed by atoms with Crippen molar-refractivity contribution in [2.75, 3.05) is 12.4 Å². The number of hydrogen-bond acceptors (Lipinski definition) is 6. The van der Waals surface area contributed by atoms with E-state index in [9.17, 15) is 14.4 Å². The number of esters is 1. The molecule has 2 heterocycles. The minimum Gasteiger partial charge on any atom is -0.465 e. The highest BCUT2D eigenvalue weighted by Crippen LogP contribution is 2.27. The third kappa shape index (κ3) is 3.82. The first-order chi connectivity index (χ1) is 13.5. The van der Waals surface area contributed by atoms with Gasteiger partial charge in [-0.1, -0.05) is 19.4 Å². The van der Waals surface area contributed by atoms with Crippen LogP contribution in [0.15, 0.2) is 35.4 Å². The molecule has 1 N–H and O–H groups in total. The van der Waals surface area contributed by atoms with Gasteiger partial charge in [0.2, 0.25) is 0 Å². The highest BCUT2D eigenvalue weighted by atomic mass is 32.1. The van der Waals surface area contributed by atoms with Gasteiger partial charge >= 0.3 is 5.97 Å². The molecule has 0 saturated carbocycles. The van der Waals surface area contributed by atoms with E-state index in [1.165, 1.54) is 24.8 Å². The van der Waals surface area contributed by atoms with Crippen LogP contribution in [0.5, 0.6) is 0 Å². The number of ether oxygens (including phenoxy) is 1. The molecule has 1 amide bonds. The van der Waals surface area contributed by atoms with Crippen LogP contribution in [-0.2, 0) is 11.3 Å². The number of methoxy groups -OCH3 is 1. The number of nitrogens with zero attached hydrogens (tertiary/aromatic N) is 2.